The van der Waals surface area contributed by atoms with Crippen molar-refractivity contribution in [1.82, 2.24) is 0 Å². The fourth-order valence-corrected chi connectivity index (χ4v) is 1.81. The molecule has 17 heavy (non-hydrogen) atoms. The summed E-state index contributed by atoms with van der Waals surface area (Å²) in [5.74, 6) is 0.944. The molecule has 0 atom stereocenters. The predicted octanol–water partition coefficient (Wildman–Crippen LogP) is 3.87. The quantitative estimate of drug-likeness (QED) is 0.752. The van der Waals surface area contributed by atoms with Gasteiger partial charge >= 0.3 is 0 Å². The van der Waals surface area contributed by atoms with E-state index in [4.69, 9.17) is 4.74 Å². The molecule has 88 valence electrons. The molecule has 0 bridgehead atoms. The van der Waals surface area contributed by atoms with Crippen LogP contribution >= 0.6 is 0 Å². The van der Waals surface area contributed by atoms with Crippen molar-refractivity contribution in [3.63, 3.8) is 0 Å². The SMILES string of the molecule is CCc1cccc(CCOc2ccccc2)c1. The summed E-state index contributed by atoms with van der Waals surface area (Å²) in [6.07, 6.45) is 2.05. The molecule has 1 heteroatoms. The van der Waals surface area contributed by atoms with Gasteiger partial charge in [0.1, 0.15) is 5.75 Å². The first-order chi connectivity index (χ1) is 8.38. The Morgan fingerprint density at radius 1 is 0.882 bits per heavy atom. The van der Waals surface area contributed by atoms with Gasteiger partial charge in [0.25, 0.3) is 0 Å². The van der Waals surface area contributed by atoms with Gasteiger partial charge in [0.05, 0.1) is 6.61 Å². The van der Waals surface area contributed by atoms with Crippen molar-refractivity contribution in [3.05, 3.63) is 65.7 Å². The molecule has 0 aliphatic rings. The van der Waals surface area contributed by atoms with Crippen LogP contribution in [-0.2, 0) is 12.8 Å². The lowest BCUT2D eigenvalue weighted by Crippen LogP contribution is -2.01. The molecular weight excluding hydrogens is 208 g/mol. The zero-order valence-corrected chi connectivity index (χ0v) is 10.2. The molecule has 0 spiro atoms. The fourth-order valence-electron chi connectivity index (χ4n) is 1.81. The minimum atomic E-state index is 0.733. The van der Waals surface area contributed by atoms with Gasteiger partial charge in [0, 0.05) is 6.42 Å². The predicted molar refractivity (Wildman–Crippen MR) is 71.5 cm³/mol. The number of ether oxygens (including phenoxy) is 1. The Balaban J connectivity index is 1.86. The molecule has 0 saturated carbocycles. The van der Waals surface area contributed by atoms with Crippen molar-refractivity contribution < 1.29 is 4.74 Å². The standard InChI is InChI=1S/C16H18O/c1-2-14-7-6-8-15(13-14)11-12-17-16-9-4-3-5-10-16/h3-10,13H,2,11-12H2,1H3. The van der Waals surface area contributed by atoms with Gasteiger partial charge in [-0.25, -0.2) is 0 Å². The van der Waals surface area contributed by atoms with Crippen LogP contribution in [0.15, 0.2) is 54.6 Å². The molecule has 0 heterocycles. The number of rotatable bonds is 5. The summed E-state index contributed by atoms with van der Waals surface area (Å²) < 4.78 is 5.68. The van der Waals surface area contributed by atoms with E-state index >= 15 is 0 Å². The summed E-state index contributed by atoms with van der Waals surface area (Å²) in [5.41, 5.74) is 2.74. The van der Waals surface area contributed by atoms with Gasteiger partial charge in [-0.3, -0.25) is 0 Å². The fraction of sp³-hybridized carbons (Fsp3) is 0.250. The highest BCUT2D eigenvalue weighted by Crippen LogP contribution is 2.10. The molecule has 0 N–H and O–H groups in total. The molecule has 2 rings (SSSR count). The molecule has 0 amide bonds. The van der Waals surface area contributed by atoms with E-state index in [0.717, 1.165) is 25.2 Å². The minimum absolute atomic E-state index is 0.733. The van der Waals surface area contributed by atoms with Crippen LogP contribution in [0.25, 0.3) is 0 Å². The largest absolute Gasteiger partial charge is 0.493 e. The maximum Gasteiger partial charge on any atom is 0.119 e. The summed E-state index contributed by atoms with van der Waals surface area (Å²) in [6, 6.07) is 18.7. The van der Waals surface area contributed by atoms with Gasteiger partial charge in [-0.15, -0.1) is 0 Å². The summed E-state index contributed by atoms with van der Waals surface area (Å²) in [7, 11) is 0. The van der Waals surface area contributed by atoms with Crippen molar-refractivity contribution in [2.24, 2.45) is 0 Å². The molecule has 2 aromatic rings. The van der Waals surface area contributed by atoms with Crippen LogP contribution in [0.2, 0.25) is 0 Å². The Morgan fingerprint density at radius 2 is 1.65 bits per heavy atom. The average molecular weight is 226 g/mol. The van der Waals surface area contributed by atoms with Crippen LogP contribution in [0.1, 0.15) is 18.1 Å². The summed E-state index contributed by atoms with van der Waals surface area (Å²) in [6.45, 7) is 2.91. The molecule has 0 saturated heterocycles. The van der Waals surface area contributed by atoms with Crippen molar-refractivity contribution in [2.75, 3.05) is 6.61 Å². The van der Waals surface area contributed by atoms with Crippen LogP contribution in [-0.4, -0.2) is 6.61 Å². The Hall–Kier alpha value is -1.76. The number of benzene rings is 2. The summed E-state index contributed by atoms with van der Waals surface area (Å²) in [5, 5.41) is 0. The highest BCUT2D eigenvalue weighted by Gasteiger charge is 1.96. The van der Waals surface area contributed by atoms with Gasteiger partial charge in [0.2, 0.25) is 0 Å². The Morgan fingerprint density at radius 3 is 2.41 bits per heavy atom. The molecule has 0 radical (unpaired) electrons. The van der Waals surface area contributed by atoms with Crippen LogP contribution in [0.5, 0.6) is 5.75 Å². The lowest BCUT2D eigenvalue weighted by molar-refractivity contribution is 0.322. The topological polar surface area (TPSA) is 9.23 Å². The Bertz CT molecular complexity index is 448. The summed E-state index contributed by atoms with van der Waals surface area (Å²) in [4.78, 5) is 0. The van der Waals surface area contributed by atoms with Crippen LogP contribution in [0, 0.1) is 0 Å². The second-order valence-electron chi connectivity index (χ2n) is 4.09. The molecule has 0 aliphatic heterocycles. The summed E-state index contributed by atoms with van der Waals surface area (Å²) >= 11 is 0. The number of hydrogen-bond acceptors (Lipinski definition) is 1. The molecule has 0 unspecified atom stereocenters. The molecule has 2 aromatic carbocycles. The van der Waals surface area contributed by atoms with Crippen molar-refractivity contribution >= 4 is 0 Å². The maximum absolute atomic E-state index is 5.68. The van der Waals surface area contributed by atoms with E-state index in [9.17, 15) is 0 Å². The van der Waals surface area contributed by atoms with Gasteiger partial charge < -0.3 is 4.74 Å². The first-order valence-corrected chi connectivity index (χ1v) is 6.14. The molecule has 1 nitrogen and oxygen atoms in total. The van der Waals surface area contributed by atoms with Crippen LogP contribution in [0.4, 0.5) is 0 Å². The third-order valence-corrected chi connectivity index (χ3v) is 2.80. The zero-order chi connectivity index (χ0) is 11.9. The second-order valence-corrected chi connectivity index (χ2v) is 4.09. The van der Waals surface area contributed by atoms with Crippen molar-refractivity contribution in [2.45, 2.75) is 19.8 Å². The average Bonchev–Trinajstić information content (AvgIpc) is 2.40. The van der Waals surface area contributed by atoms with Crippen LogP contribution < -0.4 is 4.74 Å². The van der Waals surface area contributed by atoms with Crippen LogP contribution in [0.3, 0.4) is 0 Å². The van der Waals surface area contributed by atoms with E-state index in [2.05, 4.69) is 31.2 Å². The van der Waals surface area contributed by atoms with Gasteiger partial charge in [-0.1, -0.05) is 49.4 Å². The van der Waals surface area contributed by atoms with E-state index in [1.165, 1.54) is 11.1 Å². The Kier molecular flexibility index (Phi) is 4.20. The number of hydrogen-bond donors (Lipinski definition) is 0. The smallest absolute Gasteiger partial charge is 0.119 e. The Labute approximate surface area is 103 Å². The molecular formula is C16H18O. The zero-order valence-electron chi connectivity index (χ0n) is 10.2. The van der Waals surface area contributed by atoms with Crippen molar-refractivity contribution in [3.8, 4) is 5.75 Å². The third-order valence-electron chi connectivity index (χ3n) is 2.80. The maximum atomic E-state index is 5.68. The lowest BCUT2D eigenvalue weighted by atomic mass is 10.1. The normalized spacial score (nSPS) is 10.2. The monoisotopic (exact) mass is 226 g/mol. The van der Waals surface area contributed by atoms with E-state index < -0.39 is 0 Å². The highest BCUT2D eigenvalue weighted by atomic mass is 16.5. The van der Waals surface area contributed by atoms with E-state index in [1.54, 1.807) is 0 Å². The lowest BCUT2D eigenvalue weighted by Gasteiger charge is -2.06. The van der Waals surface area contributed by atoms with Crippen molar-refractivity contribution in [1.29, 1.82) is 0 Å². The number of para-hydroxylation sites is 1. The first kappa shape index (κ1) is 11.7. The highest BCUT2D eigenvalue weighted by molar-refractivity contribution is 5.24. The molecule has 0 aromatic heterocycles. The first-order valence-electron chi connectivity index (χ1n) is 6.14. The van der Waals surface area contributed by atoms with Gasteiger partial charge in [-0.05, 0) is 29.7 Å². The van der Waals surface area contributed by atoms with E-state index in [1.807, 2.05) is 30.3 Å². The van der Waals surface area contributed by atoms with Gasteiger partial charge in [0.15, 0.2) is 0 Å². The minimum Gasteiger partial charge on any atom is -0.493 e. The second kappa shape index (κ2) is 6.09. The third kappa shape index (κ3) is 3.63. The van der Waals surface area contributed by atoms with E-state index in [-0.39, 0.29) is 0 Å². The molecule has 0 fully saturated rings. The van der Waals surface area contributed by atoms with E-state index in [0.29, 0.717) is 0 Å². The number of aryl methyl sites for hydroxylation is 1. The van der Waals surface area contributed by atoms with Gasteiger partial charge in [-0.2, -0.15) is 0 Å². The molecule has 0 aliphatic carbocycles.